The number of thiol groups is 1. The molecular weight excluding hydrogens is 1100 g/mol. The highest BCUT2D eigenvalue weighted by Crippen LogP contribution is 2.21. The maximum atomic E-state index is 14.7. The minimum absolute atomic E-state index is 0.00983. The standard InChI is InChI=1S/C54H84N14O14S/c1-30(2)44(67-45(73)35(57)9-7-25-60-54(58)59)51(79)65-40(28-32-15-19-34(70)20-16-32)49(77)64-39(27-31-13-17-33(69)18-14-31)48(76)62-36(10-3-5-23-55)46(74)61-37(11-4-6-24-56)47(75)66-41(29-83)52(80)68-26-8-12-42(68)50(78)63-38(53(81)82)21-22-43(71)72/h13-20,30,35-42,44,69-70,83H,3-12,21-29,55-57H2,1-2H3,(H,61,74)(H,62,76)(H,63,78)(H,64,77)(H,65,79)(H,66,75)(H,67,73)(H,71,72)(H,81,82)(H4,58,59,60)/t35-,36-,37-,38-,39-,40-,41-,42-,44-/m0/s1. The Hall–Kier alpha value is -7.76. The van der Waals surface area contributed by atoms with Crippen molar-refractivity contribution in [2.24, 2.45) is 39.6 Å². The van der Waals surface area contributed by atoms with Crippen LogP contribution in [0.4, 0.5) is 0 Å². The van der Waals surface area contributed by atoms with Crippen molar-refractivity contribution in [2.45, 2.75) is 158 Å². The van der Waals surface area contributed by atoms with Crippen LogP contribution in [0.2, 0.25) is 0 Å². The third-order valence-electron chi connectivity index (χ3n) is 13.6. The van der Waals surface area contributed by atoms with Crippen molar-refractivity contribution in [1.82, 2.24) is 42.1 Å². The van der Waals surface area contributed by atoms with Crippen molar-refractivity contribution >= 4 is 77.8 Å². The molecule has 0 saturated carbocycles. The monoisotopic (exact) mass is 1180 g/mol. The van der Waals surface area contributed by atoms with Crippen LogP contribution in [0.3, 0.4) is 0 Å². The fourth-order valence-corrected chi connectivity index (χ4v) is 9.20. The van der Waals surface area contributed by atoms with Crippen LogP contribution in [-0.2, 0) is 60.8 Å². The SMILES string of the molecule is CC(C)[C@H](NC(=O)[C@@H](N)CCCN=C(N)N)C(=O)N[C@@H](Cc1ccc(O)cc1)C(=O)N[C@@H](Cc1ccc(O)cc1)C(=O)N[C@@H](CCCCN)C(=O)N[C@@H](CCCCN)C(=O)N[C@@H](CS)C(=O)N1CCC[C@H]1C(=O)N[C@@H](CCC(=O)O)C(=O)O. The lowest BCUT2D eigenvalue weighted by molar-refractivity contribution is -0.145. The van der Waals surface area contributed by atoms with E-state index in [0.29, 0.717) is 49.7 Å². The van der Waals surface area contributed by atoms with Crippen LogP contribution >= 0.6 is 12.6 Å². The molecule has 460 valence electrons. The summed E-state index contributed by atoms with van der Waals surface area (Å²) in [5.41, 5.74) is 29.5. The zero-order valence-corrected chi connectivity index (χ0v) is 47.8. The minimum atomic E-state index is -1.55. The molecule has 1 aliphatic heterocycles. The van der Waals surface area contributed by atoms with E-state index in [0.717, 1.165) is 0 Å². The maximum absolute atomic E-state index is 14.7. The first-order valence-corrected chi connectivity index (χ1v) is 28.3. The minimum Gasteiger partial charge on any atom is -0.508 e. The molecule has 1 saturated heterocycles. The number of benzene rings is 2. The molecule has 0 aliphatic carbocycles. The highest BCUT2D eigenvalue weighted by molar-refractivity contribution is 7.80. The van der Waals surface area contributed by atoms with E-state index in [1.807, 2.05) is 0 Å². The number of phenolic OH excluding ortho intramolecular Hbond substituents is 2. The number of carbonyl (C=O) groups is 10. The summed E-state index contributed by atoms with van der Waals surface area (Å²) in [6, 6.07) is -0.340. The molecule has 83 heavy (non-hydrogen) atoms. The zero-order chi connectivity index (χ0) is 61.8. The van der Waals surface area contributed by atoms with Crippen LogP contribution in [0, 0.1) is 5.92 Å². The van der Waals surface area contributed by atoms with Gasteiger partial charge in [-0.05, 0) is 125 Å². The normalized spacial score (nSPS) is 15.8. The molecule has 0 radical (unpaired) electrons. The number of hydrogen-bond acceptors (Lipinski definition) is 17. The summed E-state index contributed by atoms with van der Waals surface area (Å²) in [7, 11) is 0. The Morgan fingerprint density at radius 3 is 1.52 bits per heavy atom. The number of carboxylic acids is 2. The number of guanidine groups is 1. The van der Waals surface area contributed by atoms with Crippen LogP contribution in [0.1, 0.15) is 102 Å². The van der Waals surface area contributed by atoms with E-state index < -0.39 is 132 Å². The molecular formula is C54H84N14O14S. The van der Waals surface area contributed by atoms with E-state index in [2.05, 4.69) is 54.8 Å². The Morgan fingerprint density at radius 2 is 1.07 bits per heavy atom. The fraction of sp³-hybridized carbons (Fsp3) is 0.574. The smallest absolute Gasteiger partial charge is 0.326 e. The van der Waals surface area contributed by atoms with Gasteiger partial charge in [0.2, 0.25) is 47.3 Å². The number of aromatic hydroxyl groups is 2. The lowest BCUT2D eigenvalue weighted by Crippen LogP contribution is -2.61. The molecule has 9 atom stereocenters. The van der Waals surface area contributed by atoms with Gasteiger partial charge in [0.1, 0.15) is 59.8 Å². The molecule has 0 bridgehead atoms. The van der Waals surface area contributed by atoms with Gasteiger partial charge in [-0.2, -0.15) is 12.6 Å². The van der Waals surface area contributed by atoms with Gasteiger partial charge < -0.3 is 91.2 Å². The summed E-state index contributed by atoms with van der Waals surface area (Å²) in [4.78, 5) is 141. The molecule has 29 heteroatoms. The van der Waals surface area contributed by atoms with E-state index in [4.69, 9.17) is 33.8 Å². The average Bonchev–Trinajstić information content (AvgIpc) is 4.22. The van der Waals surface area contributed by atoms with Crippen LogP contribution in [0.5, 0.6) is 11.5 Å². The maximum Gasteiger partial charge on any atom is 0.326 e. The van der Waals surface area contributed by atoms with E-state index in [1.165, 1.54) is 53.4 Å². The van der Waals surface area contributed by atoms with E-state index in [-0.39, 0.29) is 87.9 Å². The number of phenols is 2. The number of nitrogens with one attached hydrogen (secondary N) is 7. The molecule has 3 rings (SSSR count). The number of likely N-dealkylation sites (tertiary alicyclic amines) is 1. The number of carboxylic acid groups (broad SMARTS) is 2. The molecule has 28 nitrogen and oxygen atoms in total. The number of unbranched alkanes of at least 4 members (excludes halogenated alkanes) is 2. The summed E-state index contributed by atoms with van der Waals surface area (Å²) in [5.74, 6) is -10.2. The van der Waals surface area contributed by atoms with Crippen molar-refractivity contribution < 1.29 is 68.4 Å². The second-order valence-electron chi connectivity index (χ2n) is 20.6. The van der Waals surface area contributed by atoms with Crippen LogP contribution in [0.25, 0.3) is 0 Å². The van der Waals surface area contributed by atoms with Crippen LogP contribution < -0.4 is 65.9 Å². The van der Waals surface area contributed by atoms with Crippen molar-refractivity contribution in [2.75, 3.05) is 31.9 Å². The Balaban J connectivity index is 1.94. The highest BCUT2D eigenvalue weighted by Gasteiger charge is 2.40. The number of nitrogens with zero attached hydrogens (tertiary/aromatic N) is 2. The van der Waals surface area contributed by atoms with Gasteiger partial charge in [-0.1, -0.05) is 38.1 Å². The second kappa shape index (κ2) is 36.0. The van der Waals surface area contributed by atoms with Gasteiger partial charge in [-0.15, -0.1) is 0 Å². The van der Waals surface area contributed by atoms with Crippen LogP contribution in [0.15, 0.2) is 53.5 Å². The van der Waals surface area contributed by atoms with Gasteiger partial charge in [0, 0.05) is 38.1 Å². The van der Waals surface area contributed by atoms with E-state index in [9.17, 15) is 63.3 Å². The fourth-order valence-electron chi connectivity index (χ4n) is 8.96. The first kappa shape index (κ1) is 69.5. The van der Waals surface area contributed by atoms with Gasteiger partial charge in [0.25, 0.3) is 0 Å². The molecule has 1 heterocycles. The number of carbonyl (C=O) groups excluding carboxylic acids is 8. The summed E-state index contributed by atoms with van der Waals surface area (Å²) >= 11 is 4.31. The Kier molecular flexibility index (Phi) is 30.1. The van der Waals surface area contributed by atoms with Gasteiger partial charge >= 0.3 is 11.9 Å². The number of aliphatic carboxylic acids is 2. The molecule has 0 unspecified atom stereocenters. The van der Waals surface area contributed by atoms with Gasteiger partial charge in [0.05, 0.1) is 6.04 Å². The van der Waals surface area contributed by atoms with E-state index in [1.54, 1.807) is 13.8 Å². The summed E-state index contributed by atoms with van der Waals surface area (Å²) < 4.78 is 0. The Labute approximate surface area is 487 Å². The van der Waals surface area contributed by atoms with E-state index >= 15 is 0 Å². The van der Waals surface area contributed by atoms with Gasteiger partial charge in [-0.3, -0.25) is 48.1 Å². The Morgan fingerprint density at radius 1 is 0.602 bits per heavy atom. The molecule has 21 N–H and O–H groups in total. The molecule has 1 fully saturated rings. The average molecular weight is 1190 g/mol. The lowest BCUT2D eigenvalue weighted by Gasteiger charge is -2.30. The molecule has 8 amide bonds. The number of amides is 8. The highest BCUT2D eigenvalue weighted by atomic mass is 32.1. The summed E-state index contributed by atoms with van der Waals surface area (Å²) in [6.07, 6.45) is 1.15. The Bertz CT molecular complexity index is 2520. The van der Waals surface area contributed by atoms with Crippen molar-refractivity contribution in [3.8, 4) is 11.5 Å². The van der Waals surface area contributed by atoms with Crippen molar-refractivity contribution in [3.05, 3.63) is 59.7 Å². The summed E-state index contributed by atoms with van der Waals surface area (Å²) in [5, 5.41) is 57.3. The zero-order valence-electron chi connectivity index (χ0n) is 46.9. The van der Waals surface area contributed by atoms with Gasteiger partial charge in [-0.25, -0.2) is 4.79 Å². The number of rotatable bonds is 37. The van der Waals surface area contributed by atoms with Crippen molar-refractivity contribution in [3.63, 3.8) is 0 Å². The van der Waals surface area contributed by atoms with Gasteiger partial charge in [0.15, 0.2) is 5.96 Å². The largest absolute Gasteiger partial charge is 0.508 e. The molecule has 2 aromatic carbocycles. The number of aliphatic imine (C=N–C) groups is 1. The lowest BCUT2D eigenvalue weighted by atomic mass is 9.99. The molecule has 0 aromatic heterocycles. The first-order valence-electron chi connectivity index (χ1n) is 27.6. The number of nitrogens with two attached hydrogens (primary N) is 5. The molecule has 0 spiro atoms. The third kappa shape index (κ3) is 24.3. The third-order valence-corrected chi connectivity index (χ3v) is 14.0. The quantitative estimate of drug-likeness (QED) is 0.0143. The molecule has 1 aliphatic rings. The van der Waals surface area contributed by atoms with Crippen molar-refractivity contribution in [1.29, 1.82) is 0 Å². The second-order valence-corrected chi connectivity index (χ2v) is 21.0. The summed E-state index contributed by atoms with van der Waals surface area (Å²) in [6.45, 7) is 4.07. The topological polar surface area (TPSA) is 482 Å². The molecule has 2 aromatic rings. The predicted octanol–water partition coefficient (Wildman–Crippen LogP) is -2.56. The number of hydrogen-bond donors (Lipinski definition) is 17. The predicted molar refractivity (Wildman–Crippen MR) is 309 cm³/mol. The van der Waals surface area contributed by atoms with Crippen LogP contribution in [-0.4, -0.2) is 177 Å². The first-order chi connectivity index (χ1) is 39.4.